The van der Waals surface area contributed by atoms with E-state index < -0.39 is 10.0 Å². The molecular formula is C14H22N2O2S. The van der Waals surface area contributed by atoms with E-state index in [0.29, 0.717) is 24.5 Å². The fourth-order valence-corrected chi connectivity index (χ4v) is 3.61. The van der Waals surface area contributed by atoms with Gasteiger partial charge in [0.1, 0.15) is 0 Å². The van der Waals surface area contributed by atoms with E-state index >= 15 is 0 Å². The Balaban J connectivity index is 3.26. The van der Waals surface area contributed by atoms with Crippen LogP contribution in [0.3, 0.4) is 0 Å². The third-order valence-electron chi connectivity index (χ3n) is 2.94. The highest BCUT2D eigenvalue weighted by molar-refractivity contribution is 7.89. The van der Waals surface area contributed by atoms with Gasteiger partial charge in [-0.2, -0.15) is 4.31 Å². The fraction of sp³-hybridized carbons (Fsp3) is 0.429. The number of nitrogens with one attached hydrogen (secondary N) is 1. The number of benzene rings is 1. The van der Waals surface area contributed by atoms with Crippen molar-refractivity contribution in [2.75, 3.05) is 20.1 Å². The van der Waals surface area contributed by atoms with Gasteiger partial charge in [0.2, 0.25) is 10.0 Å². The Labute approximate surface area is 116 Å². The van der Waals surface area contributed by atoms with Crippen LogP contribution in [0, 0.1) is 6.92 Å². The molecule has 0 aliphatic heterocycles. The van der Waals surface area contributed by atoms with Gasteiger partial charge in [-0.1, -0.05) is 25.1 Å². The van der Waals surface area contributed by atoms with Crippen LogP contribution in [-0.2, 0) is 16.6 Å². The molecule has 0 heterocycles. The standard InChI is InChI=1S/C14H22N2O2S/c1-5-9-16(6-2)19(17,18)14-10-13(11-15-4)8-7-12(14)3/h5,7-8,10,15H,1,6,9,11H2,2-4H3. The van der Waals surface area contributed by atoms with Crippen molar-refractivity contribution in [1.29, 1.82) is 0 Å². The Morgan fingerprint density at radius 2 is 2.11 bits per heavy atom. The number of hydrogen-bond donors (Lipinski definition) is 1. The number of hydrogen-bond acceptors (Lipinski definition) is 3. The molecule has 0 atom stereocenters. The molecule has 0 amide bonds. The zero-order valence-electron chi connectivity index (χ0n) is 11.8. The smallest absolute Gasteiger partial charge is 0.243 e. The lowest BCUT2D eigenvalue weighted by atomic mass is 10.1. The summed E-state index contributed by atoms with van der Waals surface area (Å²) in [5.41, 5.74) is 1.73. The van der Waals surface area contributed by atoms with Gasteiger partial charge in [-0.3, -0.25) is 0 Å². The van der Waals surface area contributed by atoms with Crippen LogP contribution < -0.4 is 5.32 Å². The maximum Gasteiger partial charge on any atom is 0.243 e. The largest absolute Gasteiger partial charge is 0.316 e. The van der Waals surface area contributed by atoms with Gasteiger partial charge in [0.05, 0.1) is 4.90 Å². The van der Waals surface area contributed by atoms with E-state index in [9.17, 15) is 8.42 Å². The minimum absolute atomic E-state index is 0.328. The summed E-state index contributed by atoms with van der Waals surface area (Å²) >= 11 is 0. The highest BCUT2D eigenvalue weighted by Crippen LogP contribution is 2.21. The molecule has 0 spiro atoms. The second kappa shape index (κ2) is 6.84. The lowest BCUT2D eigenvalue weighted by molar-refractivity contribution is 0.459. The Kier molecular flexibility index (Phi) is 5.72. The molecule has 1 N–H and O–H groups in total. The number of sulfonamides is 1. The van der Waals surface area contributed by atoms with Crippen molar-refractivity contribution >= 4 is 10.0 Å². The first-order chi connectivity index (χ1) is 8.97. The van der Waals surface area contributed by atoms with Gasteiger partial charge in [-0.25, -0.2) is 8.42 Å². The van der Waals surface area contributed by atoms with Gasteiger partial charge in [0.25, 0.3) is 0 Å². The second-order valence-electron chi connectivity index (χ2n) is 4.37. The molecule has 0 saturated carbocycles. The molecule has 0 unspecified atom stereocenters. The van der Waals surface area contributed by atoms with E-state index in [0.717, 1.165) is 11.1 Å². The van der Waals surface area contributed by atoms with Crippen LogP contribution in [0.25, 0.3) is 0 Å². The SMILES string of the molecule is C=CCN(CC)S(=O)(=O)c1cc(CNC)ccc1C. The minimum Gasteiger partial charge on any atom is -0.316 e. The monoisotopic (exact) mass is 282 g/mol. The van der Waals surface area contributed by atoms with Crippen LogP contribution in [0.1, 0.15) is 18.1 Å². The van der Waals surface area contributed by atoms with E-state index in [1.54, 1.807) is 12.1 Å². The summed E-state index contributed by atoms with van der Waals surface area (Å²) in [4.78, 5) is 0.379. The van der Waals surface area contributed by atoms with E-state index in [1.165, 1.54) is 4.31 Å². The van der Waals surface area contributed by atoms with Crippen LogP contribution in [-0.4, -0.2) is 32.9 Å². The quantitative estimate of drug-likeness (QED) is 0.777. The number of likely N-dealkylation sites (N-methyl/N-ethyl adjacent to an activating group) is 1. The number of nitrogens with zero attached hydrogens (tertiary/aromatic N) is 1. The van der Waals surface area contributed by atoms with Gasteiger partial charge in [-0.15, -0.1) is 6.58 Å². The molecule has 1 aromatic carbocycles. The van der Waals surface area contributed by atoms with Gasteiger partial charge >= 0.3 is 0 Å². The summed E-state index contributed by atoms with van der Waals surface area (Å²) in [6, 6.07) is 5.53. The summed E-state index contributed by atoms with van der Waals surface area (Å²) in [5, 5.41) is 3.03. The van der Waals surface area contributed by atoms with Crippen molar-refractivity contribution in [3.63, 3.8) is 0 Å². The van der Waals surface area contributed by atoms with E-state index in [1.807, 2.05) is 33.0 Å². The van der Waals surface area contributed by atoms with Crippen molar-refractivity contribution in [2.45, 2.75) is 25.3 Å². The Morgan fingerprint density at radius 3 is 2.63 bits per heavy atom. The molecule has 0 aliphatic carbocycles. The lowest BCUT2D eigenvalue weighted by Crippen LogP contribution is -2.31. The summed E-state index contributed by atoms with van der Waals surface area (Å²) in [6.07, 6.45) is 1.60. The molecule has 5 heteroatoms. The van der Waals surface area contributed by atoms with Gasteiger partial charge < -0.3 is 5.32 Å². The predicted molar refractivity (Wildman–Crippen MR) is 78.6 cm³/mol. The summed E-state index contributed by atoms with van der Waals surface area (Å²) in [6.45, 7) is 8.67. The molecule has 0 bridgehead atoms. The molecule has 0 fully saturated rings. The zero-order valence-corrected chi connectivity index (χ0v) is 12.6. The van der Waals surface area contributed by atoms with Crippen molar-refractivity contribution in [3.05, 3.63) is 42.0 Å². The normalized spacial score (nSPS) is 11.8. The van der Waals surface area contributed by atoms with Crippen molar-refractivity contribution in [2.24, 2.45) is 0 Å². The molecule has 0 saturated heterocycles. The molecule has 19 heavy (non-hydrogen) atoms. The molecule has 0 radical (unpaired) electrons. The predicted octanol–water partition coefficient (Wildman–Crippen LogP) is 1.91. The van der Waals surface area contributed by atoms with Crippen LogP contribution >= 0.6 is 0 Å². The third-order valence-corrected chi connectivity index (χ3v) is 5.02. The molecular weight excluding hydrogens is 260 g/mol. The van der Waals surface area contributed by atoms with E-state index in [-0.39, 0.29) is 0 Å². The lowest BCUT2D eigenvalue weighted by Gasteiger charge is -2.20. The third kappa shape index (κ3) is 3.65. The zero-order chi connectivity index (χ0) is 14.5. The van der Waals surface area contributed by atoms with Crippen molar-refractivity contribution in [1.82, 2.24) is 9.62 Å². The van der Waals surface area contributed by atoms with Crippen LogP contribution in [0.2, 0.25) is 0 Å². The summed E-state index contributed by atoms with van der Waals surface area (Å²) in [5.74, 6) is 0. The first-order valence-corrected chi connectivity index (χ1v) is 7.76. The molecule has 0 aromatic heterocycles. The Hall–Kier alpha value is -1.17. The summed E-state index contributed by atoms with van der Waals surface area (Å²) < 4.78 is 26.6. The maximum atomic E-state index is 12.6. The first-order valence-electron chi connectivity index (χ1n) is 6.32. The molecule has 1 aromatic rings. The molecule has 0 aliphatic rings. The average Bonchev–Trinajstić information content (AvgIpc) is 2.38. The highest BCUT2D eigenvalue weighted by atomic mass is 32.2. The summed E-state index contributed by atoms with van der Waals surface area (Å²) in [7, 11) is -1.61. The number of rotatable bonds is 7. The molecule has 106 valence electrons. The topological polar surface area (TPSA) is 49.4 Å². The minimum atomic E-state index is -3.45. The van der Waals surface area contributed by atoms with Crippen molar-refractivity contribution in [3.8, 4) is 0 Å². The van der Waals surface area contributed by atoms with Crippen LogP contribution in [0.15, 0.2) is 35.7 Å². The highest BCUT2D eigenvalue weighted by Gasteiger charge is 2.23. The fourth-order valence-electron chi connectivity index (χ4n) is 1.92. The maximum absolute atomic E-state index is 12.6. The molecule has 1 rings (SSSR count). The van der Waals surface area contributed by atoms with Gasteiger partial charge in [-0.05, 0) is 31.2 Å². The first kappa shape index (κ1) is 15.9. The van der Waals surface area contributed by atoms with Gasteiger partial charge in [0.15, 0.2) is 0 Å². The second-order valence-corrected chi connectivity index (χ2v) is 6.28. The molecule has 4 nitrogen and oxygen atoms in total. The Bertz CT molecular complexity index is 538. The Morgan fingerprint density at radius 1 is 1.42 bits per heavy atom. The van der Waals surface area contributed by atoms with E-state index in [2.05, 4.69) is 11.9 Å². The van der Waals surface area contributed by atoms with Crippen LogP contribution in [0.4, 0.5) is 0 Å². The van der Waals surface area contributed by atoms with Crippen LogP contribution in [0.5, 0.6) is 0 Å². The van der Waals surface area contributed by atoms with E-state index in [4.69, 9.17) is 0 Å². The number of aryl methyl sites for hydroxylation is 1. The van der Waals surface area contributed by atoms with Gasteiger partial charge in [0, 0.05) is 19.6 Å². The average molecular weight is 282 g/mol. The van der Waals surface area contributed by atoms with Crippen molar-refractivity contribution < 1.29 is 8.42 Å².